The van der Waals surface area contributed by atoms with Crippen molar-refractivity contribution in [2.24, 2.45) is 0 Å². The molecule has 2 aromatic rings. The molecule has 0 aromatic heterocycles. The number of rotatable bonds is 5. The quantitative estimate of drug-likeness (QED) is 0.239. The van der Waals surface area contributed by atoms with Gasteiger partial charge >= 0.3 is 0 Å². The standard InChI is InChI=1S/C17H14Br2Cl3N3O2S/c1-27-10-7-11(18)13(12(19)8-10)23-16(28)25-15(17(20,21)22)24-14(26)9-5-3-2-4-6-9/h2-8,15H,1H3,(H,24,26)(H2,23,25,28)/t15-/m1/s1. The third-order valence-electron chi connectivity index (χ3n) is 3.40. The second kappa shape index (κ2) is 10.3. The van der Waals surface area contributed by atoms with Gasteiger partial charge in [0.15, 0.2) is 5.11 Å². The number of nitrogens with one attached hydrogen (secondary N) is 3. The highest BCUT2D eigenvalue weighted by Crippen LogP contribution is 2.35. The van der Waals surface area contributed by atoms with Gasteiger partial charge in [-0.3, -0.25) is 4.79 Å². The van der Waals surface area contributed by atoms with Crippen LogP contribution in [0.3, 0.4) is 0 Å². The van der Waals surface area contributed by atoms with Gasteiger partial charge in [0.25, 0.3) is 5.91 Å². The van der Waals surface area contributed by atoms with Crippen LogP contribution in [0.25, 0.3) is 0 Å². The number of alkyl halides is 3. The lowest BCUT2D eigenvalue weighted by Gasteiger charge is -2.28. The molecule has 0 unspecified atom stereocenters. The largest absolute Gasteiger partial charge is 0.497 e. The fourth-order valence-electron chi connectivity index (χ4n) is 2.07. The first-order valence-electron chi connectivity index (χ1n) is 7.65. The smallest absolute Gasteiger partial charge is 0.252 e. The molecule has 2 aromatic carbocycles. The Labute approximate surface area is 199 Å². The summed E-state index contributed by atoms with van der Waals surface area (Å²) in [5, 5.41) is 8.55. The molecule has 5 nitrogen and oxygen atoms in total. The van der Waals surface area contributed by atoms with E-state index in [9.17, 15) is 4.79 Å². The minimum atomic E-state index is -1.86. The van der Waals surface area contributed by atoms with Gasteiger partial charge in [0.2, 0.25) is 3.79 Å². The maximum absolute atomic E-state index is 12.4. The fourth-order valence-corrected chi connectivity index (χ4v) is 3.96. The van der Waals surface area contributed by atoms with E-state index in [4.69, 9.17) is 51.8 Å². The molecule has 150 valence electrons. The van der Waals surface area contributed by atoms with Crippen molar-refractivity contribution in [1.82, 2.24) is 10.6 Å². The molecule has 0 spiro atoms. The van der Waals surface area contributed by atoms with Crippen LogP contribution in [0.15, 0.2) is 51.4 Å². The Balaban J connectivity index is 2.13. The van der Waals surface area contributed by atoms with E-state index in [1.165, 1.54) is 0 Å². The Kier molecular flexibility index (Phi) is 8.66. The molecule has 0 aliphatic rings. The fraction of sp³-hybridized carbons (Fsp3) is 0.176. The Bertz CT molecular complexity index is 843. The number of methoxy groups -OCH3 is 1. The second-order valence-electron chi connectivity index (χ2n) is 5.38. The molecule has 11 heteroatoms. The summed E-state index contributed by atoms with van der Waals surface area (Å²) in [6.45, 7) is 0. The van der Waals surface area contributed by atoms with Gasteiger partial charge in [-0.05, 0) is 68.3 Å². The molecular formula is C17H14Br2Cl3N3O2S. The summed E-state index contributed by atoms with van der Waals surface area (Å²) in [6, 6.07) is 12.1. The van der Waals surface area contributed by atoms with Crippen LogP contribution in [0.4, 0.5) is 5.69 Å². The molecule has 0 saturated heterocycles. The number of hydrogen-bond acceptors (Lipinski definition) is 3. The molecule has 28 heavy (non-hydrogen) atoms. The van der Waals surface area contributed by atoms with Crippen molar-refractivity contribution in [3.05, 3.63) is 57.0 Å². The Morgan fingerprint density at radius 3 is 2.18 bits per heavy atom. The van der Waals surface area contributed by atoms with Crippen molar-refractivity contribution in [2.75, 3.05) is 12.4 Å². The molecule has 2 rings (SSSR count). The molecule has 1 amide bonds. The Morgan fingerprint density at radius 2 is 1.68 bits per heavy atom. The van der Waals surface area contributed by atoms with Gasteiger partial charge in [0.1, 0.15) is 11.9 Å². The first kappa shape index (κ1) is 23.5. The number of carbonyl (C=O) groups is 1. The van der Waals surface area contributed by atoms with E-state index in [2.05, 4.69) is 47.8 Å². The van der Waals surface area contributed by atoms with Crippen LogP contribution in [-0.2, 0) is 0 Å². The summed E-state index contributed by atoms with van der Waals surface area (Å²) in [4.78, 5) is 12.4. The van der Waals surface area contributed by atoms with Crippen LogP contribution >= 0.6 is 78.9 Å². The number of halogens is 5. The zero-order valence-electron chi connectivity index (χ0n) is 14.2. The summed E-state index contributed by atoms with van der Waals surface area (Å²) >= 11 is 30.2. The number of hydrogen-bond donors (Lipinski definition) is 3. The number of benzene rings is 2. The van der Waals surface area contributed by atoms with Gasteiger partial charge in [-0.2, -0.15) is 0 Å². The topological polar surface area (TPSA) is 62.4 Å². The molecule has 0 saturated carbocycles. The number of ether oxygens (including phenoxy) is 1. The Morgan fingerprint density at radius 1 is 1.11 bits per heavy atom. The monoisotopic (exact) mass is 587 g/mol. The number of thiocarbonyl (C=S) groups is 1. The van der Waals surface area contributed by atoms with Crippen molar-refractivity contribution in [1.29, 1.82) is 0 Å². The molecule has 0 fully saturated rings. The third kappa shape index (κ3) is 6.64. The SMILES string of the molecule is COc1cc(Br)c(NC(=S)N[C@@H](NC(=O)c2ccccc2)C(Cl)(Cl)Cl)c(Br)c1. The number of carbonyl (C=O) groups excluding carboxylic acids is 1. The zero-order chi connectivity index (χ0) is 20.9. The molecule has 0 aliphatic heterocycles. The maximum Gasteiger partial charge on any atom is 0.252 e. The van der Waals surface area contributed by atoms with Gasteiger partial charge in [-0.15, -0.1) is 0 Å². The lowest BCUT2D eigenvalue weighted by atomic mass is 10.2. The van der Waals surface area contributed by atoms with Crippen LogP contribution in [0.5, 0.6) is 5.75 Å². The maximum atomic E-state index is 12.4. The van der Waals surface area contributed by atoms with Crippen molar-refractivity contribution in [3.8, 4) is 5.75 Å². The first-order valence-corrected chi connectivity index (χ1v) is 10.8. The van der Waals surface area contributed by atoms with E-state index in [0.29, 0.717) is 25.9 Å². The van der Waals surface area contributed by atoms with Crippen molar-refractivity contribution < 1.29 is 9.53 Å². The minimum Gasteiger partial charge on any atom is -0.497 e. The van der Waals surface area contributed by atoms with E-state index >= 15 is 0 Å². The molecule has 0 heterocycles. The highest BCUT2D eigenvalue weighted by molar-refractivity contribution is 9.11. The second-order valence-corrected chi connectivity index (χ2v) is 9.86. The van der Waals surface area contributed by atoms with E-state index in [1.807, 2.05) is 0 Å². The van der Waals surface area contributed by atoms with Gasteiger partial charge in [0.05, 0.1) is 12.8 Å². The lowest BCUT2D eigenvalue weighted by Crippen LogP contribution is -2.56. The summed E-state index contributed by atoms with van der Waals surface area (Å²) in [6.07, 6.45) is -1.08. The number of anilines is 1. The highest BCUT2D eigenvalue weighted by atomic mass is 79.9. The van der Waals surface area contributed by atoms with E-state index < -0.39 is 15.9 Å². The molecule has 0 radical (unpaired) electrons. The lowest BCUT2D eigenvalue weighted by molar-refractivity contribution is 0.0934. The average Bonchev–Trinajstić information content (AvgIpc) is 2.63. The van der Waals surface area contributed by atoms with Crippen LogP contribution < -0.4 is 20.7 Å². The van der Waals surface area contributed by atoms with Crippen LogP contribution in [0, 0.1) is 0 Å². The summed E-state index contributed by atoms with van der Waals surface area (Å²) < 4.78 is 4.73. The van der Waals surface area contributed by atoms with Crippen molar-refractivity contribution in [3.63, 3.8) is 0 Å². The summed E-state index contributed by atoms with van der Waals surface area (Å²) in [5.74, 6) is 0.233. The van der Waals surface area contributed by atoms with Gasteiger partial charge in [-0.1, -0.05) is 53.0 Å². The summed E-state index contributed by atoms with van der Waals surface area (Å²) in [7, 11) is 1.56. The van der Waals surface area contributed by atoms with Crippen LogP contribution in [0.1, 0.15) is 10.4 Å². The summed E-state index contributed by atoms with van der Waals surface area (Å²) in [5.41, 5.74) is 1.05. The van der Waals surface area contributed by atoms with Crippen molar-refractivity contribution in [2.45, 2.75) is 9.96 Å². The molecule has 3 N–H and O–H groups in total. The van der Waals surface area contributed by atoms with Gasteiger partial charge in [0, 0.05) is 14.5 Å². The molecule has 1 atom stereocenters. The van der Waals surface area contributed by atoms with Crippen LogP contribution in [0.2, 0.25) is 0 Å². The van der Waals surface area contributed by atoms with Gasteiger partial charge < -0.3 is 20.7 Å². The molecule has 0 bridgehead atoms. The number of amides is 1. The highest BCUT2D eigenvalue weighted by Gasteiger charge is 2.35. The predicted molar refractivity (Wildman–Crippen MR) is 126 cm³/mol. The first-order chi connectivity index (χ1) is 13.1. The normalized spacial score (nSPS) is 12.1. The third-order valence-corrected chi connectivity index (χ3v) is 5.53. The van der Waals surface area contributed by atoms with Crippen LogP contribution in [-0.4, -0.2) is 28.1 Å². The molecule has 0 aliphatic carbocycles. The van der Waals surface area contributed by atoms with E-state index in [0.717, 1.165) is 0 Å². The average molecular weight is 591 g/mol. The zero-order valence-corrected chi connectivity index (χ0v) is 20.5. The minimum absolute atomic E-state index is 0.135. The van der Waals surface area contributed by atoms with Crippen molar-refractivity contribution >= 4 is 95.6 Å². The predicted octanol–water partition coefficient (Wildman–Crippen LogP) is 5.63. The molecular weight excluding hydrogens is 576 g/mol. The van der Waals surface area contributed by atoms with E-state index in [-0.39, 0.29) is 5.11 Å². The Hall–Kier alpha value is -0.770. The van der Waals surface area contributed by atoms with E-state index in [1.54, 1.807) is 49.6 Å². The van der Waals surface area contributed by atoms with Gasteiger partial charge in [-0.25, -0.2) is 0 Å².